The molecule has 2 aromatic heterocycles. The molecule has 1 N–H and O–H groups in total. The van der Waals surface area contributed by atoms with Gasteiger partial charge in [0.2, 0.25) is 0 Å². The zero-order valence-electron chi connectivity index (χ0n) is 12.9. The lowest BCUT2D eigenvalue weighted by Gasteiger charge is -2.06. The molecule has 0 amide bonds. The van der Waals surface area contributed by atoms with Crippen LogP contribution in [-0.4, -0.2) is 15.6 Å². The minimum absolute atomic E-state index is 0.466. The van der Waals surface area contributed by atoms with Crippen LogP contribution in [0.2, 0.25) is 0 Å². The van der Waals surface area contributed by atoms with Crippen molar-refractivity contribution in [1.29, 1.82) is 0 Å². The summed E-state index contributed by atoms with van der Waals surface area (Å²) >= 11 is 0. The lowest BCUT2D eigenvalue weighted by Crippen LogP contribution is -2.21. The van der Waals surface area contributed by atoms with Crippen molar-refractivity contribution in [2.24, 2.45) is 0 Å². The fourth-order valence-electron chi connectivity index (χ4n) is 2.26. The van der Waals surface area contributed by atoms with Gasteiger partial charge in [-0.2, -0.15) is 0 Å². The average molecular weight is 275 g/mol. The Kier molecular flexibility index (Phi) is 5.01. The Hall–Kier alpha value is -1.55. The minimum Gasteiger partial charge on any atom is -0.465 e. The number of aromatic nitrogens is 2. The van der Waals surface area contributed by atoms with E-state index in [0.717, 1.165) is 43.3 Å². The van der Waals surface area contributed by atoms with Crippen LogP contribution in [0.3, 0.4) is 0 Å². The first-order chi connectivity index (χ1) is 9.60. The van der Waals surface area contributed by atoms with Crippen molar-refractivity contribution >= 4 is 0 Å². The average Bonchev–Trinajstić information content (AvgIpc) is 2.96. The molecule has 0 unspecified atom stereocenters. The van der Waals surface area contributed by atoms with Crippen molar-refractivity contribution in [3.8, 4) is 0 Å². The fraction of sp³-hybridized carbons (Fsp3) is 0.562. The van der Waals surface area contributed by atoms with Gasteiger partial charge in [-0.05, 0) is 19.4 Å². The van der Waals surface area contributed by atoms with Gasteiger partial charge in [-0.15, -0.1) is 0 Å². The van der Waals surface area contributed by atoms with Crippen LogP contribution in [-0.2, 0) is 19.5 Å². The smallest absolute Gasteiger partial charge is 0.118 e. The second kappa shape index (κ2) is 6.75. The van der Waals surface area contributed by atoms with Crippen molar-refractivity contribution in [1.82, 2.24) is 14.9 Å². The first-order valence-electron chi connectivity index (χ1n) is 7.41. The molecule has 2 aromatic rings. The number of nitrogens with zero attached hydrogens (tertiary/aromatic N) is 2. The van der Waals surface area contributed by atoms with Gasteiger partial charge in [0.1, 0.15) is 17.3 Å². The van der Waals surface area contributed by atoms with E-state index in [0.29, 0.717) is 6.04 Å². The summed E-state index contributed by atoms with van der Waals surface area (Å²) < 4.78 is 8.03. The second-order valence-electron chi connectivity index (χ2n) is 5.55. The van der Waals surface area contributed by atoms with E-state index in [9.17, 15) is 0 Å². The predicted molar refractivity (Wildman–Crippen MR) is 80.7 cm³/mol. The number of furan rings is 1. The molecule has 2 rings (SSSR count). The van der Waals surface area contributed by atoms with Crippen molar-refractivity contribution in [2.75, 3.05) is 0 Å². The molecule has 0 fully saturated rings. The summed E-state index contributed by atoms with van der Waals surface area (Å²) in [4.78, 5) is 4.42. The Morgan fingerprint density at radius 1 is 1.40 bits per heavy atom. The molecule has 2 heterocycles. The summed E-state index contributed by atoms with van der Waals surface area (Å²) in [6.07, 6.45) is 6.06. The van der Waals surface area contributed by atoms with Gasteiger partial charge in [-0.25, -0.2) is 4.98 Å². The summed E-state index contributed by atoms with van der Waals surface area (Å²) in [6.45, 7) is 10.1. The van der Waals surface area contributed by atoms with Crippen LogP contribution in [0.5, 0.6) is 0 Å². The number of hydrogen-bond donors (Lipinski definition) is 1. The van der Waals surface area contributed by atoms with E-state index in [1.807, 2.05) is 19.3 Å². The van der Waals surface area contributed by atoms with Crippen LogP contribution in [0.1, 0.15) is 50.1 Å². The van der Waals surface area contributed by atoms with Gasteiger partial charge in [0.15, 0.2) is 0 Å². The number of nitrogens with one attached hydrogen (secondary N) is 1. The standard InChI is InChI=1S/C16H25N3O/c1-5-6-16-17-7-8-19(16)11-14-9-15(20-13(14)4)10-18-12(2)3/h7-9,12,18H,5-6,10-11H2,1-4H3. The largest absolute Gasteiger partial charge is 0.465 e. The third-order valence-electron chi connectivity index (χ3n) is 3.37. The molecular weight excluding hydrogens is 250 g/mol. The molecule has 0 aliphatic rings. The quantitative estimate of drug-likeness (QED) is 0.843. The van der Waals surface area contributed by atoms with Crippen molar-refractivity contribution in [2.45, 2.75) is 59.7 Å². The summed E-state index contributed by atoms with van der Waals surface area (Å²) in [7, 11) is 0. The molecule has 0 spiro atoms. The second-order valence-corrected chi connectivity index (χ2v) is 5.55. The highest BCUT2D eigenvalue weighted by Gasteiger charge is 2.10. The van der Waals surface area contributed by atoms with Crippen molar-refractivity contribution in [3.05, 3.63) is 41.4 Å². The molecule has 0 aliphatic carbocycles. The third-order valence-corrected chi connectivity index (χ3v) is 3.37. The third kappa shape index (κ3) is 3.73. The molecule has 0 saturated heterocycles. The van der Waals surface area contributed by atoms with E-state index < -0.39 is 0 Å². The molecule has 4 nitrogen and oxygen atoms in total. The number of rotatable bonds is 7. The van der Waals surface area contributed by atoms with Gasteiger partial charge < -0.3 is 14.3 Å². The SMILES string of the molecule is CCCc1nccn1Cc1cc(CNC(C)C)oc1C. The lowest BCUT2D eigenvalue weighted by atomic mass is 10.2. The van der Waals surface area contributed by atoms with Crippen LogP contribution in [0.25, 0.3) is 0 Å². The molecule has 110 valence electrons. The van der Waals surface area contributed by atoms with E-state index in [2.05, 4.69) is 41.7 Å². The summed E-state index contributed by atoms with van der Waals surface area (Å²) in [5.41, 5.74) is 1.24. The number of aryl methyl sites for hydroxylation is 2. The zero-order valence-corrected chi connectivity index (χ0v) is 12.9. The van der Waals surface area contributed by atoms with Gasteiger partial charge in [0.25, 0.3) is 0 Å². The first kappa shape index (κ1) is 14.9. The number of imidazole rings is 1. The maximum Gasteiger partial charge on any atom is 0.118 e. The van der Waals surface area contributed by atoms with Crippen molar-refractivity contribution in [3.63, 3.8) is 0 Å². The number of hydrogen-bond acceptors (Lipinski definition) is 3. The summed E-state index contributed by atoms with van der Waals surface area (Å²) in [5, 5.41) is 3.38. The van der Waals surface area contributed by atoms with Crippen LogP contribution < -0.4 is 5.32 Å². The predicted octanol–water partition coefficient (Wildman–Crippen LogP) is 3.28. The fourth-order valence-corrected chi connectivity index (χ4v) is 2.26. The Morgan fingerprint density at radius 3 is 2.90 bits per heavy atom. The van der Waals surface area contributed by atoms with Crippen molar-refractivity contribution < 1.29 is 4.42 Å². The molecule has 0 bridgehead atoms. The van der Waals surface area contributed by atoms with Gasteiger partial charge in [0, 0.05) is 30.4 Å². The Bertz CT molecular complexity index is 540. The maximum atomic E-state index is 5.82. The Labute approximate surface area is 121 Å². The Balaban J connectivity index is 2.07. The lowest BCUT2D eigenvalue weighted by molar-refractivity contribution is 0.445. The summed E-state index contributed by atoms with van der Waals surface area (Å²) in [5.74, 6) is 3.15. The normalized spacial score (nSPS) is 11.4. The van der Waals surface area contributed by atoms with Gasteiger partial charge in [-0.3, -0.25) is 0 Å². The molecular formula is C16H25N3O. The zero-order chi connectivity index (χ0) is 14.5. The first-order valence-corrected chi connectivity index (χ1v) is 7.41. The van der Waals surface area contributed by atoms with Crippen LogP contribution in [0, 0.1) is 6.92 Å². The molecule has 0 aromatic carbocycles. The van der Waals surface area contributed by atoms with E-state index in [4.69, 9.17) is 4.42 Å². The highest BCUT2D eigenvalue weighted by atomic mass is 16.3. The molecule has 20 heavy (non-hydrogen) atoms. The maximum absolute atomic E-state index is 5.82. The van der Waals surface area contributed by atoms with Gasteiger partial charge in [0.05, 0.1) is 13.1 Å². The molecule has 0 aliphatic heterocycles. The summed E-state index contributed by atoms with van der Waals surface area (Å²) in [6, 6.07) is 2.62. The molecule has 0 saturated carbocycles. The van der Waals surface area contributed by atoms with Gasteiger partial charge >= 0.3 is 0 Å². The highest BCUT2D eigenvalue weighted by molar-refractivity contribution is 5.21. The minimum atomic E-state index is 0.466. The van der Waals surface area contributed by atoms with E-state index in [-0.39, 0.29) is 0 Å². The molecule has 0 atom stereocenters. The highest BCUT2D eigenvalue weighted by Crippen LogP contribution is 2.17. The van der Waals surface area contributed by atoms with E-state index in [1.54, 1.807) is 0 Å². The van der Waals surface area contributed by atoms with Crippen LogP contribution >= 0.6 is 0 Å². The topological polar surface area (TPSA) is 43.0 Å². The van der Waals surface area contributed by atoms with Crippen LogP contribution in [0.4, 0.5) is 0 Å². The van der Waals surface area contributed by atoms with Gasteiger partial charge in [-0.1, -0.05) is 20.8 Å². The molecule has 4 heteroatoms. The Morgan fingerprint density at radius 2 is 2.20 bits per heavy atom. The molecule has 0 radical (unpaired) electrons. The van der Waals surface area contributed by atoms with Crippen LogP contribution in [0.15, 0.2) is 22.9 Å². The monoisotopic (exact) mass is 275 g/mol. The van der Waals surface area contributed by atoms with E-state index >= 15 is 0 Å². The van der Waals surface area contributed by atoms with E-state index in [1.165, 1.54) is 5.56 Å².